The Morgan fingerprint density at radius 1 is 1.00 bits per heavy atom. The third kappa shape index (κ3) is 3.46. The summed E-state index contributed by atoms with van der Waals surface area (Å²) in [5.41, 5.74) is 2.13. The highest BCUT2D eigenvalue weighted by atomic mass is 16.7. The van der Waals surface area contributed by atoms with Gasteiger partial charge in [-0.2, -0.15) is 0 Å². The molecule has 1 saturated carbocycles. The van der Waals surface area contributed by atoms with E-state index in [0.29, 0.717) is 24.6 Å². The number of carbonyl (C=O) groups excluding carboxylic acids is 1. The van der Waals surface area contributed by atoms with E-state index in [9.17, 15) is 4.79 Å². The molecule has 8 heteroatoms. The number of nitrogens with zero attached hydrogens (tertiary/aromatic N) is 3. The third-order valence-electron chi connectivity index (χ3n) is 6.80. The van der Waals surface area contributed by atoms with E-state index < -0.39 is 5.41 Å². The van der Waals surface area contributed by atoms with Crippen molar-refractivity contribution in [3.05, 3.63) is 54.2 Å². The van der Waals surface area contributed by atoms with E-state index in [4.69, 9.17) is 18.7 Å². The molecule has 2 fully saturated rings. The maximum atomic E-state index is 13.5. The highest BCUT2D eigenvalue weighted by Gasteiger charge is 2.55. The minimum absolute atomic E-state index is 0.151. The smallest absolute Gasteiger partial charge is 0.235 e. The summed E-state index contributed by atoms with van der Waals surface area (Å²) in [5, 5.41) is 4.30. The van der Waals surface area contributed by atoms with Crippen LogP contribution in [0, 0.1) is 0 Å². The fourth-order valence-electron chi connectivity index (χ4n) is 4.67. The average Bonchev–Trinajstić information content (AvgIpc) is 3.29. The summed E-state index contributed by atoms with van der Waals surface area (Å²) in [6.45, 7) is 3.17. The van der Waals surface area contributed by atoms with Crippen molar-refractivity contribution in [1.82, 2.24) is 10.1 Å². The predicted octanol–water partition coefficient (Wildman–Crippen LogP) is 3.46. The SMILES string of the molecule is COc1cccc(N2CCN(C(=O)C3(c4cc(-c5ccc6c(c5)OCO6)on4)CC3)CC2)c1. The lowest BCUT2D eigenvalue weighted by Gasteiger charge is -2.37. The van der Waals surface area contributed by atoms with Gasteiger partial charge >= 0.3 is 0 Å². The van der Waals surface area contributed by atoms with E-state index in [1.807, 2.05) is 47.4 Å². The molecule has 3 heterocycles. The van der Waals surface area contributed by atoms with Gasteiger partial charge < -0.3 is 28.5 Å². The Bertz CT molecular complexity index is 1190. The van der Waals surface area contributed by atoms with Crippen LogP contribution in [-0.4, -0.2) is 56.0 Å². The van der Waals surface area contributed by atoms with Gasteiger partial charge in [0, 0.05) is 49.6 Å². The molecule has 2 aromatic carbocycles. The first kappa shape index (κ1) is 20.0. The van der Waals surface area contributed by atoms with Crippen molar-refractivity contribution >= 4 is 11.6 Å². The van der Waals surface area contributed by atoms with E-state index in [1.165, 1.54) is 0 Å². The van der Waals surface area contributed by atoms with Crippen molar-refractivity contribution in [3.63, 3.8) is 0 Å². The minimum atomic E-state index is -0.559. The summed E-state index contributed by atoms with van der Waals surface area (Å²) in [6.07, 6.45) is 1.60. The van der Waals surface area contributed by atoms with Crippen LogP contribution in [0.3, 0.4) is 0 Å². The van der Waals surface area contributed by atoms with Gasteiger partial charge in [-0.1, -0.05) is 11.2 Å². The number of hydrogen-bond donors (Lipinski definition) is 0. The molecule has 0 spiro atoms. The molecule has 1 aliphatic carbocycles. The van der Waals surface area contributed by atoms with Crippen LogP contribution < -0.4 is 19.1 Å². The first-order valence-corrected chi connectivity index (χ1v) is 11.2. The number of piperazine rings is 1. The van der Waals surface area contributed by atoms with Gasteiger partial charge in [0.05, 0.1) is 18.2 Å². The van der Waals surface area contributed by atoms with Crippen LogP contribution in [0.5, 0.6) is 17.2 Å². The second kappa shape index (κ2) is 7.72. The van der Waals surface area contributed by atoms with Crippen LogP contribution in [0.25, 0.3) is 11.3 Å². The maximum absolute atomic E-state index is 13.5. The summed E-state index contributed by atoms with van der Waals surface area (Å²) in [7, 11) is 1.67. The fourth-order valence-corrected chi connectivity index (χ4v) is 4.67. The highest BCUT2D eigenvalue weighted by Crippen LogP contribution is 2.50. The quantitative estimate of drug-likeness (QED) is 0.593. The van der Waals surface area contributed by atoms with Gasteiger partial charge in [-0.05, 0) is 43.2 Å². The molecule has 170 valence electrons. The van der Waals surface area contributed by atoms with Gasteiger partial charge in [0.2, 0.25) is 12.7 Å². The van der Waals surface area contributed by atoms with E-state index in [-0.39, 0.29) is 12.7 Å². The van der Waals surface area contributed by atoms with Crippen molar-refractivity contribution in [2.75, 3.05) is 45.0 Å². The molecule has 1 aromatic heterocycles. The molecule has 8 nitrogen and oxygen atoms in total. The molecule has 1 amide bonds. The lowest BCUT2D eigenvalue weighted by atomic mass is 9.99. The maximum Gasteiger partial charge on any atom is 0.235 e. The Morgan fingerprint density at radius 3 is 2.61 bits per heavy atom. The van der Waals surface area contributed by atoms with Gasteiger partial charge in [0.25, 0.3) is 0 Å². The zero-order chi connectivity index (χ0) is 22.4. The Morgan fingerprint density at radius 2 is 1.82 bits per heavy atom. The molecule has 0 bridgehead atoms. The van der Waals surface area contributed by atoms with Gasteiger partial charge in [0.1, 0.15) is 5.75 Å². The van der Waals surface area contributed by atoms with Crippen LogP contribution in [0.4, 0.5) is 5.69 Å². The monoisotopic (exact) mass is 447 g/mol. The molecule has 33 heavy (non-hydrogen) atoms. The third-order valence-corrected chi connectivity index (χ3v) is 6.80. The molecule has 0 atom stereocenters. The second-order valence-corrected chi connectivity index (χ2v) is 8.71. The van der Waals surface area contributed by atoms with Crippen LogP contribution in [0.2, 0.25) is 0 Å². The van der Waals surface area contributed by atoms with Gasteiger partial charge in [-0.15, -0.1) is 0 Å². The molecular formula is C25H25N3O5. The molecule has 3 aromatic rings. The number of anilines is 1. The molecule has 6 rings (SSSR count). The van der Waals surface area contributed by atoms with E-state index >= 15 is 0 Å². The fraction of sp³-hybridized carbons (Fsp3) is 0.360. The second-order valence-electron chi connectivity index (χ2n) is 8.71. The van der Waals surface area contributed by atoms with Crippen molar-refractivity contribution in [2.24, 2.45) is 0 Å². The number of benzene rings is 2. The van der Waals surface area contributed by atoms with Crippen LogP contribution >= 0.6 is 0 Å². The molecular weight excluding hydrogens is 422 g/mol. The number of ether oxygens (including phenoxy) is 3. The first-order valence-electron chi connectivity index (χ1n) is 11.2. The largest absolute Gasteiger partial charge is 0.497 e. The van der Waals surface area contributed by atoms with Crippen LogP contribution in [0.15, 0.2) is 53.1 Å². The lowest BCUT2D eigenvalue weighted by Crippen LogP contribution is -2.51. The first-order chi connectivity index (χ1) is 16.2. The number of hydrogen-bond acceptors (Lipinski definition) is 7. The summed E-state index contributed by atoms with van der Waals surface area (Å²) < 4.78 is 21.8. The Kier molecular flexibility index (Phi) is 4.67. The number of rotatable bonds is 5. The summed E-state index contributed by atoms with van der Waals surface area (Å²) in [4.78, 5) is 17.8. The predicted molar refractivity (Wildman–Crippen MR) is 121 cm³/mol. The highest BCUT2D eigenvalue weighted by molar-refractivity contribution is 5.91. The summed E-state index contributed by atoms with van der Waals surface area (Å²) >= 11 is 0. The van der Waals surface area contributed by atoms with Crippen molar-refractivity contribution in [3.8, 4) is 28.6 Å². The number of fused-ring (bicyclic) bond motifs is 1. The van der Waals surface area contributed by atoms with Crippen molar-refractivity contribution in [1.29, 1.82) is 0 Å². The Hall–Kier alpha value is -3.68. The minimum Gasteiger partial charge on any atom is -0.497 e. The van der Waals surface area contributed by atoms with Crippen LogP contribution in [0.1, 0.15) is 18.5 Å². The molecule has 2 aliphatic heterocycles. The summed E-state index contributed by atoms with van der Waals surface area (Å²) in [6, 6.07) is 15.6. The standard InChI is InChI=1S/C25H25N3O5/c1-30-19-4-2-3-18(14-19)27-9-11-28(12-10-27)24(29)25(7-8-25)23-15-21(33-26-23)17-5-6-20-22(13-17)32-16-31-20/h2-6,13-15H,7-12,16H2,1H3. The number of aromatic nitrogens is 1. The molecule has 3 aliphatic rings. The summed E-state index contributed by atoms with van der Waals surface area (Å²) in [5.74, 6) is 3.03. The van der Waals surface area contributed by atoms with Gasteiger partial charge in [0.15, 0.2) is 17.3 Å². The number of methoxy groups -OCH3 is 1. The van der Waals surface area contributed by atoms with E-state index in [2.05, 4.69) is 16.1 Å². The van der Waals surface area contributed by atoms with E-state index in [1.54, 1.807) is 7.11 Å². The lowest BCUT2D eigenvalue weighted by molar-refractivity contribution is -0.134. The van der Waals surface area contributed by atoms with E-state index in [0.717, 1.165) is 54.4 Å². The average molecular weight is 447 g/mol. The zero-order valence-corrected chi connectivity index (χ0v) is 18.5. The van der Waals surface area contributed by atoms with Crippen molar-refractivity contribution in [2.45, 2.75) is 18.3 Å². The van der Waals surface area contributed by atoms with Crippen LogP contribution in [-0.2, 0) is 10.2 Å². The Labute approximate surface area is 191 Å². The normalized spacial score (nSPS) is 18.3. The number of amides is 1. The van der Waals surface area contributed by atoms with Gasteiger partial charge in [-0.25, -0.2) is 0 Å². The zero-order valence-electron chi connectivity index (χ0n) is 18.5. The Balaban J connectivity index is 1.15. The molecule has 1 saturated heterocycles. The molecule has 0 unspecified atom stereocenters. The molecule has 0 radical (unpaired) electrons. The topological polar surface area (TPSA) is 77.3 Å². The van der Waals surface area contributed by atoms with Gasteiger partial charge in [-0.3, -0.25) is 4.79 Å². The molecule has 0 N–H and O–H groups in total. The van der Waals surface area contributed by atoms with Crippen molar-refractivity contribution < 1.29 is 23.5 Å². The number of carbonyl (C=O) groups is 1.